The summed E-state index contributed by atoms with van der Waals surface area (Å²) >= 11 is 0. The fourth-order valence-corrected chi connectivity index (χ4v) is 5.02. The van der Waals surface area contributed by atoms with E-state index in [4.69, 9.17) is 10.5 Å². The first-order valence-electron chi connectivity index (χ1n) is 9.69. The predicted octanol–water partition coefficient (Wildman–Crippen LogP) is 1.76. The average Bonchev–Trinajstić information content (AvgIpc) is 3.52. The molecule has 1 saturated heterocycles. The highest BCUT2D eigenvalue weighted by Crippen LogP contribution is 2.32. The molecular weight excluding hydrogens is 402 g/mol. The second-order valence-electron chi connectivity index (χ2n) is 7.27. The lowest BCUT2D eigenvalue weighted by molar-refractivity contribution is -0.126. The third kappa shape index (κ3) is 5.37. The van der Waals surface area contributed by atoms with Gasteiger partial charge in [0.05, 0.1) is 11.5 Å². The van der Waals surface area contributed by atoms with Crippen molar-refractivity contribution in [2.75, 3.05) is 26.2 Å². The third-order valence-electron chi connectivity index (χ3n) is 5.37. The fourth-order valence-electron chi connectivity index (χ4n) is 3.55. The summed E-state index contributed by atoms with van der Waals surface area (Å²) in [6.07, 6.45) is 3.32. The Kier molecular flexibility index (Phi) is 8.12. The maximum Gasteiger partial charge on any atom is 0.243 e. The first-order chi connectivity index (χ1) is 13.0. The maximum absolute atomic E-state index is 12.8. The van der Waals surface area contributed by atoms with Gasteiger partial charge in [-0.15, -0.1) is 12.4 Å². The number of nitrogens with one attached hydrogen (secondary N) is 1. The molecule has 3 N–H and O–H groups in total. The van der Waals surface area contributed by atoms with Crippen LogP contribution in [-0.4, -0.2) is 50.9 Å². The van der Waals surface area contributed by atoms with E-state index >= 15 is 0 Å². The second kappa shape index (κ2) is 9.91. The van der Waals surface area contributed by atoms with Gasteiger partial charge in [-0.05, 0) is 62.8 Å². The number of nitrogens with two attached hydrogens (primary N) is 1. The van der Waals surface area contributed by atoms with Gasteiger partial charge >= 0.3 is 0 Å². The molecule has 1 unspecified atom stereocenters. The molecule has 0 aromatic heterocycles. The summed E-state index contributed by atoms with van der Waals surface area (Å²) in [5, 5.41) is 3.06. The zero-order chi connectivity index (χ0) is 19.4. The normalized spacial score (nSPS) is 19.5. The standard InChI is InChI=1S/C19H29N3O4S.ClH/c1-2-26-16-5-7-17(8-6-16)27(24,25)22-11-9-15(10-12-22)19(23)21-18(13-20)14-3-4-14;/h5-8,14-15,18H,2-4,9-13,20H2,1H3,(H,21,23);1H. The topological polar surface area (TPSA) is 102 Å². The Morgan fingerprint density at radius 1 is 1.21 bits per heavy atom. The van der Waals surface area contributed by atoms with Crippen molar-refractivity contribution >= 4 is 28.3 Å². The van der Waals surface area contributed by atoms with Gasteiger partial charge in [0.25, 0.3) is 0 Å². The molecule has 28 heavy (non-hydrogen) atoms. The Hall–Kier alpha value is -1.35. The highest BCUT2D eigenvalue weighted by molar-refractivity contribution is 7.89. The zero-order valence-electron chi connectivity index (χ0n) is 16.2. The molecule has 1 aromatic rings. The first-order valence-corrected chi connectivity index (χ1v) is 11.1. The quantitative estimate of drug-likeness (QED) is 0.653. The molecule has 1 aliphatic carbocycles. The summed E-state index contributed by atoms with van der Waals surface area (Å²) in [6, 6.07) is 6.53. The number of benzene rings is 1. The van der Waals surface area contributed by atoms with Crippen molar-refractivity contribution in [1.29, 1.82) is 0 Å². The molecule has 1 saturated carbocycles. The Morgan fingerprint density at radius 2 is 1.82 bits per heavy atom. The highest BCUT2D eigenvalue weighted by Gasteiger charge is 2.35. The van der Waals surface area contributed by atoms with Crippen molar-refractivity contribution in [3.8, 4) is 5.75 Å². The van der Waals surface area contributed by atoms with Crippen LogP contribution in [0.2, 0.25) is 0 Å². The number of amides is 1. The van der Waals surface area contributed by atoms with Crippen LogP contribution >= 0.6 is 12.4 Å². The Bertz CT molecular complexity index is 745. The predicted molar refractivity (Wildman–Crippen MR) is 110 cm³/mol. The summed E-state index contributed by atoms with van der Waals surface area (Å²) in [5.74, 6) is 1.02. The van der Waals surface area contributed by atoms with E-state index in [2.05, 4.69) is 5.32 Å². The second-order valence-corrected chi connectivity index (χ2v) is 9.21. The molecule has 158 valence electrons. The molecule has 1 atom stereocenters. The molecule has 7 nitrogen and oxygen atoms in total. The van der Waals surface area contributed by atoms with Crippen LogP contribution in [0.5, 0.6) is 5.75 Å². The number of piperidine rings is 1. The van der Waals surface area contributed by atoms with Crippen LogP contribution in [0, 0.1) is 11.8 Å². The number of rotatable bonds is 8. The molecule has 1 aromatic carbocycles. The number of nitrogens with zero attached hydrogens (tertiary/aromatic N) is 1. The van der Waals surface area contributed by atoms with E-state index in [0.717, 1.165) is 12.8 Å². The minimum atomic E-state index is -3.55. The summed E-state index contributed by atoms with van der Waals surface area (Å²) in [5.41, 5.74) is 5.75. The smallest absolute Gasteiger partial charge is 0.243 e. The van der Waals surface area contributed by atoms with Gasteiger partial charge in [-0.25, -0.2) is 8.42 Å². The Morgan fingerprint density at radius 3 is 2.32 bits per heavy atom. The van der Waals surface area contributed by atoms with Crippen molar-refractivity contribution in [1.82, 2.24) is 9.62 Å². The molecule has 0 spiro atoms. The van der Waals surface area contributed by atoms with E-state index in [1.807, 2.05) is 6.92 Å². The SMILES string of the molecule is CCOc1ccc(S(=O)(=O)N2CCC(C(=O)NC(CN)C3CC3)CC2)cc1.Cl. The van der Waals surface area contributed by atoms with Gasteiger partial charge in [0.15, 0.2) is 0 Å². The summed E-state index contributed by atoms with van der Waals surface area (Å²) in [7, 11) is -3.55. The van der Waals surface area contributed by atoms with E-state index < -0.39 is 10.0 Å². The van der Waals surface area contributed by atoms with Crippen molar-refractivity contribution in [3.63, 3.8) is 0 Å². The fraction of sp³-hybridized carbons (Fsp3) is 0.632. The van der Waals surface area contributed by atoms with Crippen LogP contribution in [-0.2, 0) is 14.8 Å². The highest BCUT2D eigenvalue weighted by atomic mass is 35.5. The Balaban J connectivity index is 0.00000280. The van der Waals surface area contributed by atoms with Gasteiger partial charge in [0.2, 0.25) is 15.9 Å². The van der Waals surface area contributed by atoms with E-state index in [-0.39, 0.29) is 35.2 Å². The number of halogens is 1. The van der Waals surface area contributed by atoms with Gasteiger partial charge in [-0.1, -0.05) is 0 Å². The van der Waals surface area contributed by atoms with Crippen LogP contribution in [0.1, 0.15) is 32.6 Å². The lowest BCUT2D eigenvalue weighted by atomic mass is 9.96. The monoisotopic (exact) mass is 431 g/mol. The molecular formula is C19H30ClN3O4S. The molecule has 3 rings (SSSR count). The number of carbonyl (C=O) groups is 1. The summed E-state index contributed by atoms with van der Waals surface area (Å²) < 4.78 is 32.5. The van der Waals surface area contributed by atoms with E-state index in [0.29, 0.717) is 50.8 Å². The van der Waals surface area contributed by atoms with Gasteiger partial charge in [0.1, 0.15) is 5.75 Å². The Labute approximate surface area is 173 Å². The number of hydrogen-bond acceptors (Lipinski definition) is 5. The molecule has 2 aliphatic rings. The van der Waals surface area contributed by atoms with Crippen LogP contribution in [0.25, 0.3) is 0 Å². The van der Waals surface area contributed by atoms with Crippen LogP contribution in [0.4, 0.5) is 0 Å². The lowest BCUT2D eigenvalue weighted by Gasteiger charge is -2.31. The molecule has 2 fully saturated rings. The van der Waals surface area contributed by atoms with Crippen molar-refractivity contribution in [2.24, 2.45) is 17.6 Å². The van der Waals surface area contributed by atoms with E-state index in [1.165, 1.54) is 4.31 Å². The molecule has 1 amide bonds. The summed E-state index contributed by atoms with van der Waals surface area (Å²) in [4.78, 5) is 12.7. The van der Waals surface area contributed by atoms with Crippen molar-refractivity contribution in [2.45, 2.75) is 43.5 Å². The first kappa shape index (κ1) is 22.9. The number of ether oxygens (including phenoxy) is 1. The van der Waals surface area contributed by atoms with Gasteiger partial charge < -0.3 is 15.8 Å². The molecule has 0 bridgehead atoms. The number of carbonyl (C=O) groups excluding carboxylic acids is 1. The van der Waals surface area contributed by atoms with E-state index in [1.54, 1.807) is 24.3 Å². The molecule has 9 heteroatoms. The molecule has 1 heterocycles. The van der Waals surface area contributed by atoms with Crippen LogP contribution in [0.3, 0.4) is 0 Å². The van der Waals surface area contributed by atoms with Gasteiger partial charge in [0, 0.05) is 31.6 Å². The van der Waals surface area contributed by atoms with Crippen LogP contribution < -0.4 is 15.8 Å². The maximum atomic E-state index is 12.8. The molecule has 1 aliphatic heterocycles. The van der Waals surface area contributed by atoms with Gasteiger partial charge in [-0.2, -0.15) is 4.31 Å². The third-order valence-corrected chi connectivity index (χ3v) is 7.28. The number of hydrogen-bond donors (Lipinski definition) is 2. The van der Waals surface area contributed by atoms with Crippen molar-refractivity contribution in [3.05, 3.63) is 24.3 Å². The summed E-state index contributed by atoms with van der Waals surface area (Å²) in [6.45, 7) is 3.58. The average molecular weight is 432 g/mol. The van der Waals surface area contributed by atoms with Gasteiger partial charge in [-0.3, -0.25) is 4.79 Å². The van der Waals surface area contributed by atoms with E-state index in [9.17, 15) is 13.2 Å². The minimum Gasteiger partial charge on any atom is -0.494 e. The lowest BCUT2D eigenvalue weighted by Crippen LogP contribution is -2.47. The largest absolute Gasteiger partial charge is 0.494 e. The molecule has 0 radical (unpaired) electrons. The number of sulfonamides is 1. The minimum absolute atomic E-state index is 0. The van der Waals surface area contributed by atoms with Crippen LogP contribution in [0.15, 0.2) is 29.2 Å². The zero-order valence-corrected chi connectivity index (χ0v) is 17.8. The van der Waals surface area contributed by atoms with Crippen molar-refractivity contribution < 1.29 is 17.9 Å².